The van der Waals surface area contributed by atoms with Crippen LogP contribution in [0.15, 0.2) is 29.0 Å². The predicted octanol–water partition coefficient (Wildman–Crippen LogP) is 3.06. The maximum absolute atomic E-state index is 10.4. The van der Waals surface area contributed by atoms with E-state index in [0.29, 0.717) is 0 Å². The first-order chi connectivity index (χ1) is 6.77. The molecular weight excluding hydrogens is 220 g/mol. The van der Waals surface area contributed by atoms with Crippen LogP contribution in [-0.2, 0) is 0 Å². The molecule has 0 unspecified atom stereocenters. The number of rotatable bonds is 2. The Morgan fingerprint density at radius 3 is 2.57 bits per heavy atom. The molecule has 2 rings (SSSR count). The number of hydrogen-bond donors (Lipinski definition) is 0. The molecular formula is C8H5N2O2S2+. The van der Waals surface area contributed by atoms with Gasteiger partial charge in [0.2, 0.25) is 11.5 Å². The van der Waals surface area contributed by atoms with E-state index in [1.807, 2.05) is 4.69 Å². The average Bonchev–Trinajstić information content (AvgIpc) is 2.71. The fraction of sp³-hybridized carbons (Fsp3) is 0. The number of aromatic nitrogens is 1. The van der Waals surface area contributed by atoms with Crippen molar-refractivity contribution in [1.82, 2.24) is 4.37 Å². The van der Waals surface area contributed by atoms with Crippen molar-refractivity contribution in [2.75, 3.05) is 0 Å². The van der Waals surface area contributed by atoms with Gasteiger partial charge in [-0.25, -0.2) is 0 Å². The fourth-order valence-corrected chi connectivity index (χ4v) is 2.49. The summed E-state index contributed by atoms with van der Waals surface area (Å²) < 4.78 is 6.06. The Kier molecular flexibility index (Phi) is 2.47. The molecule has 0 saturated heterocycles. The number of nitro groups is 1. The molecule has 0 aliphatic rings. The Labute approximate surface area is 87.8 Å². The van der Waals surface area contributed by atoms with Crippen molar-refractivity contribution in [2.24, 2.45) is 0 Å². The fourth-order valence-electron chi connectivity index (χ4n) is 1.00. The largest absolute Gasteiger partial charge is 0.269 e. The quantitative estimate of drug-likeness (QED) is 0.448. The molecule has 0 aliphatic heterocycles. The Balaban J connectivity index is 2.36. The first kappa shape index (κ1) is 9.17. The lowest BCUT2D eigenvalue weighted by atomic mass is 10.2. The van der Waals surface area contributed by atoms with E-state index in [1.165, 1.54) is 35.0 Å². The van der Waals surface area contributed by atoms with Crippen LogP contribution in [0.1, 0.15) is 0 Å². The number of non-ortho nitro benzene ring substituents is 1. The van der Waals surface area contributed by atoms with E-state index in [1.54, 1.807) is 12.1 Å². The Morgan fingerprint density at radius 1 is 1.36 bits per heavy atom. The first-order valence-electron chi connectivity index (χ1n) is 3.74. The van der Waals surface area contributed by atoms with Crippen LogP contribution in [0, 0.1) is 10.1 Å². The molecule has 0 fully saturated rings. The molecule has 0 N–H and O–H groups in total. The summed E-state index contributed by atoms with van der Waals surface area (Å²) in [5, 5.41) is 11.3. The second-order valence-electron chi connectivity index (χ2n) is 2.52. The van der Waals surface area contributed by atoms with E-state index in [2.05, 4.69) is 4.37 Å². The zero-order chi connectivity index (χ0) is 9.97. The highest BCUT2D eigenvalue weighted by atomic mass is 32.2. The zero-order valence-corrected chi connectivity index (χ0v) is 8.55. The van der Waals surface area contributed by atoms with Crippen molar-refractivity contribution in [2.45, 2.75) is 0 Å². The predicted molar refractivity (Wildman–Crippen MR) is 56.5 cm³/mol. The maximum Gasteiger partial charge on any atom is 0.269 e. The molecule has 0 atom stereocenters. The molecule has 6 heteroatoms. The van der Waals surface area contributed by atoms with Crippen LogP contribution >= 0.6 is 22.9 Å². The molecule has 0 radical (unpaired) electrons. The Hall–Kier alpha value is -1.40. The minimum Gasteiger partial charge on any atom is -0.258 e. The van der Waals surface area contributed by atoms with Gasteiger partial charge in [0.25, 0.3) is 15.4 Å². The van der Waals surface area contributed by atoms with E-state index < -0.39 is 4.92 Å². The van der Waals surface area contributed by atoms with Crippen molar-refractivity contribution in [3.8, 4) is 10.6 Å². The zero-order valence-electron chi connectivity index (χ0n) is 6.91. The van der Waals surface area contributed by atoms with Crippen molar-refractivity contribution >= 4 is 28.6 Å². The van der Waals surface area contributed by atoms with Gasteiger partial charge in [0, 0.05) is 17.7 Å². The van der Waals surface area contributed by atoms with E-state index in [0.717, 1.165) is 10.6 Å². The minimum atomic E-state index is -0.408. The van der Waals surface area contributed by atoms with Crippen LogP contribution < -0.4 is 0 Å². The van der Waals surface area contributed by atoms with Gasteiger partial charge in [-0.3, -0.25) is 10.1 Å². The molecule has 0 bridgehead atoms. The monoisotopic (exact) mass is 225 g/mol. The molecule has 2 aromatic rings. The first-order valence-corrected chi connectivity index (χ1v) is 5.46. The van der Waals surface area contributed by atoms with Crippen molar-refractivity contribution in [3.63, 3.8) is 0 Å². The molecule has 0 amide bonds. The molecule has 1 heterocycles. The normalized spacial score (nSPS) is 10.0. The van der Waals surface area contributed by atoms with Gasteiger partial charge in [-0.2, -0.15) is 0 Å². The van der Waals surface area contributed by atoms with Crippen molar-refractivity contribution in [1.29, 1.82) is 0 Å². The van der Waals surface area contributed by atoms with Gasteiger partial charge < -0.3 is 0 Å². The summed E-state index contributed by atoms with van der Waals surface area (Å²) in [5.41, 5.74) is 1.02. The number of nitro benzene ring substituents is 1. The lowest BCUT2D eigenvalue weighted by Gasteiger charge is -1.91. The SMILES string of the molecule is O=[N+]([O-])c1ccc(-c2nsc[s+]2)cc1. The van der Waals surface area contributed by atoms with Crippen molar-refractivity contribution < 1.29 is 4.92 Å². The summed E-state index contributed by atoms with van der Waals surface area (Å²) in [7, 11) is 0. The molecule has 14 heavy (non-hydrogen) atoms. The third-order valence-corrected chi connectivity index (χ3v) is 3.35. The van der Waals surface area contributed by atoms with E-state index in [4.69, 9.17) is 0 Å². The van der Waals surface area contributed by atoms with Crippen LogP contribution in [0.25, 0.3) is 10.6 Å². The maximum atomic E-state index is 10.4. The van der Waals surface area contributed by atoms with Crippen LogP contribution in [0.5, 0.6) is 0 Å². The average molecular weight is 225 g/mol. The standard InChI is InChI=1S/C8H5N2O2S2/c11-10(12)7-3-1-6(2-4-7)8-9-14-5-13-8/h1-5H/q+1. The van der Waals surface area contributed by atoms with Crippen molar-refractivity contribution in [3.05, 3.63) is 39.1 Å². The lowest BCUT2D eigenvalue weighted by Crippen LogP contribution is -1.86. The summed E-state index contributed by atoms with van der Waals surface area (Å²) in [5.74, 6) is 0. The van der Waals surface area contributed by atoms with Gasteiger partial charge in [-0.15, -0.1) is 0 Å². The third kappa shape index (κ3) is 1.75. The van der Waals surface area contributed by atoms with Gasteiger partial charge in [0.1, 0.15) is 11.3 Å². The molecule has 4 nitrogen and oxygen atoms in total. The summed E-state index contributed by atoms with van der Waals surface area (Å²) in [6.45, 7) is 0. The molecule has 70 valence electrons. The highest BCUT2D eigenvalue weighted by molar-refractivity contribution is 7.26. The lowest BCUT2D eigenvalue weighted by molar-refractivity contribution is -0.384. The second-order valence-corrected chi connectivity index (χ2v) is 4.31. The molecule has 1 aromatic carbocycles. The van der Waals surface area contributed by atoms with E-state index >= 15 is 0 Å². The van der Waals surface area contributed by atoms with Crippen LogP contribution in [-0.4, -0.2) is 9.30 Å². The van der Waals surface area contributed by atoms with Crippen LogP contribution in [0.3, 0.4) is 0 Å². The van der Waals surface area contributed by atoms with Gasteiger partial charge in [-0.05, 0) is 16.5 Å². The Bertz CT molecular complexity index is 439. The molecule has 0 aliphatic carbocycles. The van der Waals surface area contributed by atoms with Gasteiger partial charge in [0.15, 0.2) is 0 Å². The van der Waals surface area contributed by atoms with Gasteiger partial charge >= 0.3 is 0 Å². The number of hydrogen-bond acceptors (Lipinski definition) is 4. The number of nitrogens with zero attached hydrogens (tertiary/aromatic N) is 2. The highest BCUT2D eigenvalue weighted by Crippen LogP contribution is 2.25. The van der Waals surface area contributed by atoms with Gasteiger partial charge in [-0.1, -0.05) is 0 Å². The summed E-state index contributed by atoms with van der Waals surface area (Å²) in [6.07, 6.45) is 0. The molecule has 0 saturated carbocycles. The smallest absolute Gasteiger partial charge is 0.258 e. The van der Waals surface area contributed by atoms with E-state index in [9.17, 15) is 10.1 Å². The van der Waals surface area contributed by atoms with E-state index in [-0.39, 0.29) is 5.69 Å². The summed E-state index contributed by atoms with van der Waals surface area (Å²) >= 11 is 2.91. The minimum absolute atomic E-state index is 0.106. The van der Waals surface area contributed by atoms with Crippen LogP contribution in [0.4, 0.5) is 5.69 Å². The Morgan fingerprint density at radius 2 is 2.07 bits per heavy atom. The van der Waals surface area contributed by atoms with Crippen LogP contribution in [0.2, 0.25) is 0 Å². The second kappa shape index (κ2) is 3.77. The van der Waals surface area contributed by atoms with Gasteiger partial charge in [0.05, 0.1) is 4.92 Å². The topological polar surface area (TPSA) is 56.0 Å². The summed E-state index contributed by atoms with van der Waals surface area (Å²) in [6, 6.07) is 6.40. The summed E-state index contributed by atoms with van der Waals surface area (Å²) in [4.78, 5) is 9.98. The number of benzene rings is 1. The molecule has 1 aromatic heterocycles. The molecule has 0 spiro atoms. The highest BCUT2D eigenvalue weighted by Gasteiger charge is 2.11. The third-order valence-electron chi connectivity index (χ3n) is 1.66.